The lowest BCUT2D eigenvalue weighted by Crippen LogP contribution is -2.50. The summed E-state index contributed by atoms with van der Waals surface area (Å²) in [7, 11) is 0. The number of rotatable bonds is 7. The maximum Gasteiger partial charge on any atom is 0.416 e. The minimum atomic E-state index is -4.97. The zero-order valence-corrected chi connectivity index (χ0v) is 23.2. The molecular weight excluding hydrogens is 554 g/mol. The molecule has 1 heterocycles. The summed E-state index contributed by atoms with van der Waals surface area (Å²) < 4.78 is 89.7. The van der Waals surface area contributed by atoms with Crippen LogP contribution in [0.4, 0.5) is 35.9 Å². The molecule has 12 heteroatoms. The average Bonchev–Trinajstić information content (AvgIpc) is 3.19. The lowest BCUT2D eigenvalue weighted by molar-refractivity contribution is -0.143. The molecule has 1 aliphatic heterocycles. The number of carbonyl (C=O) groups excluding carboxylic acids is 2. The summed E-state index contributed by atoms with van der Waals surface area (Å²) in [6, 6.07) is 9.35. The van der Waals surface area contributed by atoms with E-state index in [-0.39, 0.29) is 24.1 Å². The van der Waals surface area contributed by atoms with Gasteiger partial charge in [-0.05, 0) is 69.4 Å². The van der Waals surface area contributed by atoms with Gasteiger partial charge >= 0.3 is 24.5 Å². The van der Waals surface area contributed by atoms with E-state index in [0.717, 1.165) is 5.56 Å². The van der Waals surface area contributed by atoms with Crippen molar-refractivity contribution in [1.82, 2.24) is 10.2 Å². The van der Waals surface area contributed by atoms with E-state index in [9.17, 15) is 35.9 Å². The molecule has 0 bridgehead atoms. The summed E-state index contributed by atoms with van der Waals surface area (Å²) in [6.45, 7) is 6.72. The Hall–Kier alpha value is -3.44. The minimum absolute atomic E-state index is 0.0462. The van der Waals surface area contributed by atoms with Crippen LogP contribution in [0, 0.1) is 0 Å². The Morgan fingerprint density at radius 1 is 0.927 bits per heavy atom. The number of ether oxygens (including phenoxy) is 2. The van der Waals surface area contributed by atoms with Gasteiger partial charge in [-0.2, -0.15) is 26.3 Å². The number of benzene rings is 2. The first-order valence-electron chi connectivity index (χ1n) is 13.2. The molecule has 0 saturated carbocycles. The molecule has 41 heavy (non-hydrogen) atoms. The van der Waals surface area contributed by atoms with Gasteiger partial charge in [-0.25, -0.2) is 9.59 Å². The van der Waals surface area contributed by atoms with Gasteiger partial charge in [0.15, 0.2) is 0 Å². The monoisotopic (exact) mass is 588 g/mol. The second-order valence-electron chi connectivity index (χ2n) is 11.0. The number of halogens is 6. The maximum absolute atomic E-state index is 13.2. The SMILES string of the molecule is CC[C@@H]1C[C@H](NC(=O)OCCc2cc(C(F)(F)F)cc(C(F)(F)F)c2)[C@H](Cc2ccccc2)N1C(=O)OC(C)(C)C. The Labute approximate surface area is 235 Å². The molecule has 2 aromatic rings. The van der Waals surface area contributed by atoms with Gasteiger partial charge < -0.3 is 14.8 Å². The number of likely N-dealkylation sites (tertiary alicyclic amines) is 1. The molecule has 0 unspecified atom stereocenters. The molecule has 2 aromatic carbocycles. The predicted molar refractivity (Wildman–Crippen MR) is 139 cm³/mol. The van der Waals surface area contributed by atoms with E-state index in [2.05, 4.69) is 5.32 Å². The summed E-state index contributed by atoms with van der Waals surface area (Å²) in [5, 5.41) is 2.75. The van der Waals surface area contributed by atoms with Gasteiger partial charge in [-0.15, -0.1) is 0 Å². The lowest BCUT2D eigenvalue weighted by Gasteiger charge is -2.33. The standard InChI is InChI=1S/C29H34F6N2O4/c1-5-22-17-23(24(15-18-9-7-6-8-10-18)37(22)26(39)41-27(2,3)4)36-25(38)40-12-11-19-13-20(28(30,31)32)16-21(14-19)29(33,34)35/h6-10,13-14,16,22-24H,5,11-12,15,17H2,1-4H3,(H,36,38)/t22-,23+,24+/m1/s1. The largest absolute Gasteiger partial charge is 0.449 e. The zero-order valence-electron chi connectivity index (χ0n) is 23.2. The first-order valence-corrected chi connectivity index (χ1v) is 13.2. The Bertz CT molecular complexity index is 1160. The van der Waals surface area contributed by atoms with Crippen LogP contribution < -0.4 is 5.32 Å². The number of hydrogen-bond acceptors (Lipinski definition) is 4. The highest BCUT2D eigenvalue weighted by Gasteiger charge is 2.45. The van der Waals surface area contributed by atoms with Crippen molar-refractivity contribution >= 4 is 12.2 Å². The number of amides is 2. The molecule has 0 radical (unpaired) electrons. The maximum atomic E-state index is 13.2. The van der Waals surface area contributed by atoms with Crippen LogP contribution in [0.5, 0.6) is 0 Å². The smallest absolute Gasteiger partial charge is 0.416 e. The third kappa shape index (κ3) is 9.02. The number of hydrogen-bond donors (Lipinski definition) is 1. The zero-order chi connectivity index (χ0) is 30.6. The van der Waals surface area contributed by atoms with Crippen LogP contribution in [-0.2, 0) is 34.7 Å². The van der Waals surface area contributed by atoms with E-state index in [1.54, 1.807) is 25.7 Å². The van der Waals surface area contributed by atoms with Crippen molar-refractivity contribution in [2.75, 3.05) is 6.61 Å². The van der Waals surface area contributed by atoms with Crippen molar-refractivity contribution in [2.24, 2.45) is 0 Å². The molecule has 0 spiro atoms. The quantitative estimate of drug-likeness (QED) is 0.343. The normalized spacial score (nSPS) is 19.7. The second kappa shape index (κ2) is 12.6. The molecule has 226 valence electrons. The Morgan fingerprint density at radius 3 is 2.02 bits per heavy atom. The van der Waals surface area contributed by atoms with Gasteiger partial charge in [0, 0.05) is 12.5 Å². The van der Waals surface area contributed by atoms with Crippen LogP contribution in [0.2, 0.25) is 0 Å². The van der Waals surface area contributed by atoms with E-state index in [1.807, 2.05) is 37.3 Å². The molecular formula is C29H34F6N2O4. The van der Waals surface area contributed by atoms with Crippen molar-refractivity contribution in [2.45, 2.75) is 89.5 Å². The average molecular weight is 589 g/mol. The molecule has 0 aromatic heterocycles. The van der Waals surface area contributed by atoms with Crippen LogP contribution in [-0.4, -0.2) is 47.4 Å². The molecule has 1 aliphatic rings. The fraction of sp³-hybridized carbons (Fsp3) is 0.517. The van der Waals surface area contributed by atoms with E-state index in [0.29, 0.717) is 31.4 Å². The third-order valence-electron chi connectivity index (χ3n) is 6.68. The van der Waals surface area contributed by atoms with E-state index in [1.165, 1.54) is 0 Å². The van der Waals surface area contributed by atoms with Crippen LogP contribution in [0.1, 0.15) is 62.8 Å². The fourth-order valence-electron chi connectivity index (χ4n) is 4.86. The predicted octanol–water partition coefficient (Wildman–Crippen LogP) is 7.39. The number of nitrogens with zero attached hydrogens (tertiary/aromatic N) is 1. The first kappa shape index (κ1) is 32.1. The Morgan fingerprint density at radius 2 is 1.51 bits per heavy atom. The summed E-state index contributed by atoms with van der Waals surface area (Å²) >= 11 is 0. The number of alkyl halides is 6. The molecule has 1 saturated heterocycles. The highest BCUT2D eigenvalue weighted by Crippen LogP contribution is 2.36. The summed E-state index contributed by atoms with van der Waals surface area (Å²) in [6.07, 6.45) is -10.3. The van der Waals surface area contributed by atoms with Crippen molar-refractivity contribution < 1.29 is 45.4 Å². The van der Waals surface area contributed by atoms with E-state index in [4.69, 9.17) is 9.47 Å². The van der Waals surface area contributed by atoms with Gasteiger partial charge in [0.1, 0.15) is 5.60 Å². The molecule has 6 nitrogen and oxygen atoms in total. The fourth-order valence-corrected chi connectivity index (χ4v) is 4.86. The molecule has 0 aliphatic carbocycles. The topological polar surface area (TPSA) is 67.9 Å². The van der Waals surface area contributed by atoms with Crippen LogP contribution >= 0.6 is 0 Å². The van der Waals surface area contributed by atoms with Gasteiger partial charge in [0.25, 0.3) is 0 Å². The number of nitrogens with one attached hydrogen (secondary N) is 1. The minimum Gasteiger partial charge on any atom is -0.449 e. The van der Waals surface area contributed by atoms with Crippen LogP contribution in [0.3, 0.4) is 0 Å². The molecule has 3 atom stereocenters. The Kier molecular flexibility index (Phi) is 9.86. The molecule has 1 N–H and O–H groups in total. The van der Waals surface area contributed by atoms with Crippen LogP contribution in [0.25, 0.3) is 0 Å². The van der Waals surface area contributed by atoms with Crippen molar-refractivity contribution in [3.05, 3.63) is 70.8 Å². The van der Waals surface area contributed by atoms with Crippen molar-refractivity contribution in [3.63, 3.8) is 0 Å². The summed E-state index contributed by atoms with van der Waals surface area (Å²) in [5.74, 6) is 0. The van der Waals surface area contributed by atoms with Gasteiger partial charge in [0.2, 0.25) is 0 Å². The molecule has 2 amide bonds. The molecule has 1 fully saturated rings. The number of carbonyl (C=O) groups is 2. The van der Waals surface area contributed by atoms with E-state index < -0.39 is 60.0 Å². The highest BCUT2D eigenvalue weighted by atomic mass is 19.4. The van der Waals surface area contributed by atoms with Gasteiger partial charge in [-0.1, -0.05) is 37.3 Å². The summed E-state index contributed by atoms with van der Waals surface area (Å²) in [4.78, 5) is 27.5. The van der Waals surface area contributed by atoms with Gasteiger partial charge in [0.05, 0.1) is 29.8 Å². The number of alkyl carbamates (subject to hydrolysis) is 1. The van der Waals surface area contributed by atoms with Crippen LogP contribution in [0.15, 0.2) is 48.5 Å². The highest BCUT2D eigenvalue weighted by molar-refractivity contribution is 5.71. The Balaban J connectivity index is 1.73. The lowest BCUT2D eigenvalue weighted by atomic mass is 10.00. The molecule has 3 rings (SSSR count). The van der Waals surface area contributed by atoms with Crippen molar-refractivity contribution in [1.29, 1.82) is 0 Å². The van der Waals surface area contributed by atoms with E-state index >= 15 is 0 Å². The first-order chi connectivity index (χ1) is 19.0. The summed E-state index contributed by atoms with van der Waals surface area (Å²) in [5.41, 5.74) is -2.96. The van der Waals surface area contributed by atoms with Crippen molar-refractivity contribution in [3.8, 4) is 0 Å². The van der Waals surface area contributed by atoms with Gasteiger partial charge in [-0.3, -0.25) is 4.90 Å². The second-order valence-corrected chi connectivity index (χ2v) is 11.0. The third-order valence-corrected chi connectivity index (χ3v) is 6.68.